The van der Waals surface area contributed by atoms with E-state index in [1.54, 1.807) is 11.0 Å². The van der Waals surface area contributed by atoms with Crippen LogP contribution in [-0.2, 0) is 11.2 Å². The van der Waals surface area contributed by atoms with E-state index in [4.69, 9.17) is 5.73 Å². The molecule has 1 aromatic carbocycles. The van der Waals surface area contributed by atoms with Gasteiger partial charge in [0.2, 0.25) is 5.95 Å². The first kappa shape index (κ1) is 17.1. The van der Waals surface area contributed by atoms with Crippen LogP contribution in [0, 0.1) is 11.2 Å². The third kappa shape index (κ3) is 3.39. The Balaban J connectivity index is 1.92. The fraction of sp³-hybridized carbons (Fsp3) is 0.353. The molecule has 2 aromatic rings. The average Bonchev–Trinajstić information content (AvgIpc) is 2.58. The largest absolute Gasteiger partial charge is 0.481 e. The van der Waals surface area contributed by atoms with Gasteiger partial charge in [0.05, 0.1) is 6.10 Å². The molecule has 8 heteroatoms. The number of anilines is 2. The van der Waals surface area contributed by atoms with E-state index >= 15 is 0 Å². The van der Waals surface area contributed by atoms with Crippen LogP contribution < -0.4 is 10.6 Å². The van der Waals surface area contributed by atoms with Crippen LogP contribution >= 0.6 is 0 Å². The molecule has 1 saturated heterocycles. The standard InChI is InChI=1S/C17H19FN4O3/c18-12-3-1-11(2-4-12)9-17(15(24)25)10-22(8-6-13(17)23)14-5-7-20-16(19)21-14/h1-5,7,13,23H,6,8-10H2,(H,24,25)(H2,19,20,21)/t13-,17-/m1/s1. The molecule has 3 rings (SSSR count). The second kappa shape index (κ2) is 6.64. The molecule has 0 bridgehead atoms. The SMILES string of the molecule is Nc1nccc(N2CC[C@@H](O)[C@](Cc3ccc(F)cc3)(C(=O)O)C2)n1. The van der Waals surface area contributed by atoms with Gasteiger partial charge in [-0.1, -0.05) is 12.1 Å². The Morgan fingerprint density at radius 2 is 2.08 bits per heavy atom. The second-order valence-electron chi connectivity index (χ2n) is 6.26. The molecule has 1 fully saturated rings. The maximum absolute atomic E-state index is 13.1. The van der Waals surface area contributed by atoms with E-state index in [2.05, 4.69) is 9.97 Å². The van der Waals surface area contributed by atoms with Crippen molar-refractivity contribution < 1.29 is 19.4 Å². The molecule has 2 atom stereocenters. The first-order chi connectivity index (χ1) is 11.9. The lowest BCUT2D eigenvalue weighted by atomic mass is 9.73. The highest BCUT2D eigenvalue weighted by atomic mass is 19.1. The number of aromatic nitrogens is 2. The first-order valence-corrected chi connectivity index (χ1v) is 7.90. The number of benzene rings is 1. The highest BCUT2D eigenvalue weighted by molar-refractivity contribution is 5.77. The lowest BCUT2D eigenvalue weighted by molar-refractivity contribution is -0.157. The van der Waals surface area contributed by atoms with E-state index < -0.39 is 23.3 Å². The molecule has 25 heavy (non-hydrogen) atoms. The highest BCUT2D eigenvalue weighted by Crippen LogP contribution is 2.36. The molecule has 0 amide bonds. The molecule has 0 unspecified atom stereocenters. The molecule has 132 valence electrons. The van der Waals surface area contributed by atoms with Gasteiger partial charge in [0.25, 0.3) is 0 Å². The van der Waals surface area contributed by atoms with Gasteiger partial charge in [-0.2, -0.15) is 4.98 Å². The Morgan fingerprint density at radius 1 is 1.36 bits per heavy atom. The summed E-state index contributed by atoms with van der Waals surface area (Å²) >= 11 is 0. The number of nitrogens with two attached hydrogens (primary N) is 1. The van der Waals surface area contributed by atoms with Gasteiger partial charge in [0.1, 0.15) is 17.1 Å². The van der Waals surface area contributed by atoms with Gasteiger partial charge >= 0.3 is 5.97 Å². The van der Waals surface area contributed by atoms with Crippen molar-refractivity contribution >= 4 is 17.7 Å². The Morgan fingerprint density at radius 3 is 2.72 bits per heavy atom. The molecular weight excluding hydrogens is 327 g/mol. The van der Waals surface area contributed by atoms with E-state index in [-0.39, 0.29) is 25.3 Å². The van der Waals surface area contributed by atoms with Crippen LogP contribution in [-0.4, -0.2) is 45.3 Å². The zero-order chi connectivity index (χ0) is 18.0. The van der Waals surface area contributed by atoms with Gasteiger partial charge in [-0.15, -0.1) is 0 Å². The minimum absolute atomic E-state index is 0.0668. The molecule has 0 radical (unpaired) electrons. The number of aliphatic carboxylic acids is 1. The van der Waals surface area contributed by atoms with Crippen molar-refractivity contribution in [2.45, 2.75) is 18.9 Å². The third-order valence-corrected chi connectivity index (χ3v) is 4.63. The maximum Gasteiger partial charge on any atom is 0.314 e. The molecule has 1 aliphatic rings. The van der Waals surface area contributed by atoms with E-state index in [1.807, 2.05) is 0 Å². The number of carbonyl (C=O) groups is 1. The zero-order valence-electron chi connectivity index (χ0n) is 13.5. The van der Waals surface area contributed by atoms with Crippen molar-refractivity contribution in [2.24, 2.45) is 5.41 Å². The minimum Gasteiger partial charge on any atom is -0.481 e. The van der Waals surface area contributed by atoms with Crippen LogP contribution in [0.1, 0.15) is 12.0 Å². The summed E-state index contributed by atoms with van der Waals surface area (Å²) in [7, 11) is 0. The molecule has 7 nitrogen and oxygen atoms in total. The number of halogens is 1. The van der Waals surface area contributed by atoms with Crippen LogP contribution in [0.2, 0.25) is 0 Å². The van der Waals surface area contributed by atoms with E-state index in [9.17, 15) is 19.4 Å². The van der Waals surface area contributed by atoms with Crippen molar-refractivity contribution in [3.8, 4) is 0 Å². The molecular formula is C17H19FN4O3. The number of nitrogens with zero attached hydrogens (tertiary/aromatic N) is 3. The molecule has 1 aromatic heterocycles. The van der Waals surface area contributed by atoms with E-state index in [1.165, 1.54) is 30.5 Å². The number of rotatable bonds is 4. The van der Waals surface area contributed by atoms with Gasteiger partial charge < -0.3 is 20.8 Å². The summed E-state index contributed by atoms with van der Waals surface area (Å²) in [5, 5.41) is 20.4. The molecule has 0 aliphatic carbocycles. The lowest BCUT2D eigenvalue weighted by Crippen LogP contribution is -2.57. The summed E-state index contributed by atoms with van der Waals surface area (Å²) < 4.78 is 13.1. The maximum atomic E-state index is 13.1. The monoisotopic (exact) mass is 346 g/mol. The van der Waals surface area contributed by atoms with E-state index in [0.717, 1.165) is 0 Å². The number of carboxylic acid groups (broad SMARTS) is 1. The van der Waals surface area contributed by atoms with Gasteiger partial charge in [-0.25, -0.2) is 9.37 Å². The Hall–Kier alpha value is -2.74. The molecule has 1 aliphatic heterocycles. The molecule has 0 saturated carbocycles. The van der Waals surface area contributed by atoms with Crippen molar-refractivity contribution in [3.05, 3.63) is 47.9 Å². The van der Waals surface area contributed by atoms with Crippen LogP contribution in [0.5, 0.6) is 0 Å². The number of aliphatic hydroxyl groups excluding tert-OH is 1. The topological polar surface area (TPSA) is 113 Å². The molecule has 2 heterocycles. The Labute approximate surface area is 143 Å². The zero-order valence-corrected chi connectivity index (χ0v) is 13.5. The number of hydrogen-bond acceptors (Lipinski definition) is 6. The first-order valence-electron chi connectivity index (χ1n) is 7.90. The fourth-order valence-electron chi connectivity index (χ4n) is 3.24. The summed E-state index contributed by atoms with van der Waals surface area (Å²) in [6.45, 7) is 0.521. The van der Waals surface area contributed by atoms with Gasteiger partial charge in [-0.05, 0) is 36.6 Å². The van der Waals surface area contributed by atoms with Crippen molar-refractivity contribution in [1.82, 2.24) is 9.97 Å². The summed E-state index contributed by atoms with van der Waals surface area (Å²) in [6, 6.07) is 7.28. The average molecular weight is 346 g/mol. The summed E-state index contributed by atoms with van der Waals surface area (Å²) in [5.41, 5.74) is 4.83. The van der Waals surface area contributed by atoms with Gasteiger partial charge in [-0.3, -0.25) is 4.79 Å². The Bertz CT molecular complexity index is 771. The third-order valence-electron chi connectivity index (χ3n) is 4.63. The number of piperidine rings is 1. The van der Waals surface area contributed by atoms with Crippen LogP contribution in [0.25, 0.3) is 0 Å². The van der Waals surface area contributed by atoms with Gasteiger partial charge in [0.15, 0.2) is 0 Å². The summed E-state index contributed by atoms with van der Waals surface area (Å²) in [5.74, 6) is -0.876. The lowest BCUT2D eigenvalue weighted by Gasteiger charge is -2.44. The fourth-order valence-corrected chi connectivity index (χ4v) is 3.24. The smallest absolute Gasteiger partial charge is 0.314 e. The van der Waals surface area contributed by atoms with Crippen molar-refractivity contribution in [1.29, 1.82) is 0 Å². The predicted octanol–water partition coefficient (Wildman–Crippen LogP) is 1.08. The normalized spacial score (nSPS) is 23.4. The number of nitrogen functional groups attached to an aromatic ring is 1. The minimum atomic E-state index is -1.42. The van der Waals surface area contributed by atoms with Crippen LogP contribution in [0.4, 0.5) is 16.2 Å². The summed E-state index contributed by atoms with van der Waals surface area (Å²) in [6.07, 6.45) is 0.842. The number of carboxylic acids is 1. The van der Waals surface area contributed by atoms with Crippen LogP contribution in [0.3, 0.4) is 0 Å². The predicted molar refractivity (Wildman–Crippen MR) is 89.5 cm³/mol. The quantitative estimate of drug-likeness (QED) is 0.759. The number of aliphatic hydroxyl groups is 1. The van der Waals surface area contributed by atoms with Gasteiger partial charge in [0, 0.05) is 19.3 Å². The van der Waals surface area contributed by atoms with Crippen molar-refractivity contribution in [3.63, 3.8) is 0 Å². The molecule has 0 spiro atoms. The van der Waals surface area contributed by atoms with E-state index in [0.29, 0.717) is 17.9 Å². The van der Waals surface area contributed by atoms with Crippen molar-refractivity contribution in [2.75, 3.05) is 23.7 Å². The summed E-state index contributed by atoms with van der Waals surface area (Å²) in [4.78, 5) is 21.8. The Kier molecular flexibility index (Phi) is 4.54. The second-order valence-corrected chi connectivity index (χ2v) is 6.26. The van der Waals surface area contributed by atoms with Crippen LogP contribution in [0.15, 0.2) is 36.5 Å². The number of hydrogen-bond donors (Lipinski definition) is 3. The molecule has 4 N–H and O–H groups in total. The highest BCUT2D eigenvalue weighted by Gasteiger charge is 2.49.